The van der Waals surface area contributed by atoms with E-state index in [1.165, 1.54) is 17.4 Å². The molecule has 0 aliphatic carbocycles. The van der Waals surface area contributed by atoms with E-state index in [1.54, 1.807) is 18.3 Å². The summed E-state index contributed by atoms with van der Waals surface area (Å²) in [7, 11) is 0. The second-order valence-electron chi connectivity index (χ2n) is 4.88. The summed E-state index contributed by atoms with van der Waals surface area (Å²) in [4.78, 5) is 25.9. The number of carbonyl (C=O) groups is 2. The van der Waals surface area contributed by atoms with E-state index in [0.29, 0.717) is 10.4 Å². The van der Waals surface area contributed by atoms with Gasteiger partial charge >= 0.3 is 5.97 Å². The first kappa shape index (κ1) is 14.5. The zero-order valence-corrected chi connectivity index (χ0v) is 12.2. The Hall–Kier alpha value is -2.47. The highest BCUT2D eigenvalue weighted by Gasteiger charge is 2.14. The minimum atomic E-state index is -0.989. The van der Waals surface area contributed by atoms with Gasteiger partial charge in [0.05, 0.1) is 16.8 Å². The van der Waals surface area contributed by atoms with Crippen LogP contribution in [0.1, 0.15) is 22.5 Å². The zero-order chi connectivity index (χ0) is 15.7. The molecule has 0 fully saturated rings. The molecule has 1 aromatic carbocycles. The topological polar surface area (TPSA) is 70.2 Å². The van der Waals surface area contributed by atoms with Crippen LogP contribution in [0, 0.1) is 5.82 Å². The number of Topliss-reactive ketones (excluding diaryl/α,β-unsaturated/α-hetero) is 1. The molecule has 4 nitrogen and oxygen atoms in total. The third-order valence-corrected chi connectivity index (χ3v) is 4.39. The molecule has 2 heterocycles. The summed E-state index contributed by atoms with van der Waals surface area (Å²) in [5, 5.41) is 11.2. The number of rotatable bonds is 5. The lowest BCUT2D eigenvalue weighted by atomic mass is 10.1. The van der Waals surface area contributed by atoms with E-state index in [-0.39, 0.29) is 24.4 Å². The monoisotopic (exact) mass is 317 g/mol. The quantitative estimate of drug-likeness (QED) is 0.697. The summed E-state index contributed by atoms with van der Waals surface area (Å²) < 4.78 is 13.7. The molecule has 0 amide bonds. The summed E-state index contributed by atoms with van der Waals surface area (Å²) in [5.74, 6) is -1.50. The normalized spacial score (nSPS) is 11.0. The van der Waals surface area contributed by atoms with Gasteiger partial charge in [0.2, 0.25) is 0 Å². The maximum atomic E-state index is 13.7. The van der Waals surface area contributed by atoms with E-state index in [2.05, 4.69) is 4.98 Å². The number of benzene rings is 1. The third kappa shape index (κ3) is 2.65. The van der Waals surface area contributed by atoms with Crippen LogP contribution in [0.4, 0.5) is 4.39 Å². The smallest absolute Gasteiger partial charge is 0.303 e. The summed E-state index contributed by atoms with van der Waals surface area (Å²) in [6.45, 7) is 0. The first-order valence-corrected chi connectivity index (χ1v) is 7.53. The Morgan fingerprint density at radius 2 is 2.09 bits per heavy atom. The van der Waals surface area contributed by atoms with Gasteiger partial charge in [0.1, 0.15) is 5.82 Å². The fourth-order valence-electron chi connectivity index (χ4n) is 2.32. The Labute approximate surface area is 129 Å². The number of fused-ring (bicyclic) bond motifs is 1. The first-order chi connectivity index (χ1) is 10.6. The van der Waals surface area contributed by atoms with Crippen molar-refractivity contribution in [3.8, 4) is 11.1 Å². The van der Waals surface area contributed by atoms with E-state index in [4.69, 9.17) is 5.11 Å². The summed E-state index contributed by atoms with van der Waals surface area (Å²) >= 11 is 1.27. The molecule has 2 N–H and O–H groups in total. The Morgan fingerprint density at radius 1 is 1.27 bits per heavy atom. The third-order valence-electron chi connectivity index (χ3n) is 3.42. The van der Waals surface area contributed by atoms with Crippen molar-refractivity contribution in [3.63, 3.8) is 0 Å². The molecule has 0 atom stereocenters. The molecule has 0 unspecified atom stereocenters. The highest BCUT2D eigenvalue weighted by Crippen LogP contribution is 2.33. The summed E-state index contributed by atoms with van der Waals surface area (Å²) in [5.41, 5.74) is 2.08. The molecule has 3 aromatic rings. The fraction of sp³-hybridized carbons (Fsp3) is 0.125. The number of hydrogen-bond donors (Lipinski definition) is 2. The van der Waals surface area contributed by atoms with Crippen LogP contribution in [-0.2, 0) is 4.79 Å². The van der Waals surface area contributed by atoms with Gasteiger partial charge in [0, 0.05) is 23.6 Å². The van der Waals surface area contributed by atoms with Crippen LogP contribution < -0.4 is 0 Å². The van der Waals surface area contributed by atoms with Gasteiger partial charge in [-0.15, -0.1) is 11.3 Å². The predicted octanol–water partition coefficient (Wildman–Crippen LogP) is 4.08. The molecule has 0 saturated carbocycles. The number of hydrogen-bond acceptors (Lipinski definition) is 3. The number of ketones is 1. The lowest BCUT2D eigenvalue weighted by Gasteiger charge is -1.96. The minimum absolute atomic E-state index is 0.0161. The van der Waals surface area contributed by atoms with Gasteiger partial charge in [-0.05, 0) is 23.1 Å². The van der Waals surface area contributed by atoms with Crippen molar-refractivity contribution >= 4 is 34.0 Å². The average Bonchev–Trinajstić information content (AvgIpc) is 3.11. The van der Waals surface area contributed by atoms with Gasteiger partial charge in [0.15, 0.2) is 5.78 Å². The largest absolute Gasteiger partial charge is 0.481 e. The maximum Gasteiger partial charge on any atom is 0.303 e. The van der Waals surface area contributed by atoms with E-state index >= 15 is 0 Å². The van der Waals surface area contributed by atoms with Crippen molar-refractivity contribution in [2.75, 3.05) is 0 Å². The van der Waals surface area contributed by atoms with E-state index in [9.17, 15) is 14.0 Å². The van der Waals surface area contributed by atoms with Crippen molar-refractivity contribution in [2.24, 2.45) is 0 Å². The molecule has 3 rings (SSSR count). The Kier molecular flexibility index (Phi) is 3.77. The van der Waals surface area contributed by atoms with Crippen LogP contribution in [0.2, 0.25) is 0 Å². The molecule has 0 bridgehead atoms. The number of para-hydroxylation sites is 1. The van der Waals surface area contributed by atoms with Gasteiger partial charge in [-0.3, -0.25) is 9.59 Å². The Morgan fingerprint density at radius 3 is 2.86 bits per heavy atom. The number of carboxylic acids is 1. The van der Waals surface area contributed by atoms with Crippen LogP contribution in [0.25, 0.3) is 22.0 Å². The van der Waals surface area contributed by atoms with Crippen molar-refractivity contribution in [2.45, 2.75) is 12.8 Å². The van der Waals surface area contributed by atoms with Crippen LogP contribution in [0.3, 0.4) is 0 Å². The van der Waals surface area contributed by atoms with Gasteiger partial charge in [-0.2, -0.15) is 0 Å². The summed E-state index contributed by atoms with van der Waals surface area (Å²) in [6, 6.07) is 6.56. The molecular weight excluding hydrogens is 305 g/mol. The van der Waals surface area contributed by atoms with Crippen molar-refractivity contribution in [3.05, 3.63) is 46.5 Å². The maximum absolute atomic E-state index is 13.7. The van der Waals surface area contributed by atoms with E-state index < -0.39 is 5.97 Å². The fourth-order valence-corrected chi connectivity index (χ4v) is 3.20. The molecule has 0 aliphatic rings. The molecule has 22 heavy (non-hydrogen) atoms. The Bertz CT molecular complexity index is 865. The molecule has 0 radical (unpaired) electrons. The van der Waals surface area contributed by atoms with Crippen molar-refractivity contribution in [1.29, 1.82) is 0 Å². The van der Waals surface area contributed by atoms with Crippen LogP contribution in [0.5, 0.6) is 0 Å². The number of nitrogens with one attached hydrogen (secondary N) is 1. The lowest BCUT2D eigenvalue weighted by Crippen LogP contribution is -2.01. The minimum Gasteiger partial charge on any atom is -0.481 e. The van der Waals surface area contributed by atoms with Gasteiger partial charge in [-0.25, -0.2) is 4.39 Å². The molecule has 112 valence electrons. The second-order valence-corrected chi connectivity index (χ2v) is 5.79. The molecule has 0 spiro atoms. The number of thiophene rings is 1. The number of aromatic amines is 1. The molecule has 6 heteroatoms. The molecule has 0 aliphatic heterocycles. The number of aliphatic carboxylic acids is 1. The van der Waals surface area contributed by atoms with Crippen molar-refractivity contribution in [1.82, 2.24) is 4.98 Å². The van der Waals surface area contributed by atoms with Crippen LogP contribution in [0.15, 0.2) is 35.8 Å². The zero-order valence-electron chi connectivity index (χ0n) is 11.4. The highest BCUT2D eigenvalue weighted by molar-refractivity contribution is 7.12. The Balaban J connectivity index is 1.91. The average molecular weight is 317 g/mol. The van der Waals surface area contributed by atoms with E-state index in [0.717, 1.165) is 16.5 Å². The van der Waals surface area contributed by atoms with Crippen LogP contribution in [-0.4, -0.2) is 21.8 Å². The van der Waals surface area contributed by atoms with Crippen molar-refractivity contribution < 1.29 is 19.1 Å². The summed E-state index contributed by atoms with van der Waals surface area (Å²) in [6.07, 6.45) is 1.52. The second kappa shape index (κ2) is 5.73. The van der Waals surface area contributed by atoms with Gasteiger partial charge < -0.3 is 10.1 Å². The standard InChI is InChI=1S/C16H12FNO3S/c17-12-3-1-2-10-11(7-18-16(10)12)9-6-14(22-8-9)13(19)4-5-15(20)21/h1-3,6-8,18H,4-5H2,(H,20,21). The SMILES string of the molecule is O=C(O)CCC(=O)c1cc(-c2c[nH]c3c(F)cccc23)cs1. The molecular formula is C16H12FNO3S. The lowest BCUT2D eigenvalue weighted by molar-refractivity contribution is -0.136. The number of carboxylic acid groups (broad SMARTS) is 1. The molecule has 2 aromatic heterocycles. The highest BCUT2D eigenvalue weighted by atomic mass is 32.1. The first-order valence-electron chi connectivity index (χ1n) is 6.66. The van der Waals surface area contributed by atoms with Gasteiger partial charge in [0.25, 0.3) is 0 Å². The van der Waals surface area contributed by atoms with Crippen LogP contribution >= 0.6 is 11.3 Å². The number of aromatic nitrogens is 1. The number of halogens is 1. The predicted molar refractivity (Wildman–Crippen MR) is 82.8 cm³/mol. The molecule has 0 saturated heterocycles. The number of carbonyl (C=O) groups excluding carboxylic acids is 1. The van der Waals surface area contributed by atoms with E-state index in [1.807, 2.05) is 11.4 Å². The van der Waals surface area contributed by atoms with Gasteiger partial charge in [-0.1, -0.05) is 12.1 Å². The number of H-pyrrole nitrogens is 1.